The lowest BCUT2D eigenvalue weighted by atomic mass is 10.2. The van der Waals surface area contributed by atoms with Crippen LogP contribution in [0.25, 0.3) is 22.6 Å². The van der Waals surface area contributed by atoms with Gasteiger partial charge in [-0.1, -0.05) is 11.6 Å². The number of aromatic nitrogens is 1. The first kappa shape index (κ1) is 11.9. The maximum atomic E-state index is 13.3. The summed E-state index contributed by atoms with van der Waals surface area (Å²) in [5.74, 6) is -0.882. The van der Waals surface area contributed by atoms with Gasteiger partial charge in [-0.2, -0.15) is 0 Å². The van der Waals surface area contributed by atoms with E-state index >= 15 is 0 Å². The minimum atomic E-state index is -0.588. The van der Waals surface area contributed by atoms with Gasteiger partial charge in [-0.15, -0.1) is 0 Å². The molecule has 6 heteroatoms. The maximum absolute atomic E-state index is 13.3. The van der Waals surface area contributed by atoms with Gasteiger partial charge in [-0.3, -0.25) is 0 Å². The Hall–Kier alpha value is -2.14. The standard InChI is InChI=1S/C13H7ClF2N2O/c14-7-4-11-12(5-9(7)16)19-13(18-11)6-1-2-8(15)10(17)3-6/h1-5H,17H2. The van der Waals surface area contributed by atoms with Crippen molar-refractivity contribution in [1.82, 2.24) is 4.98 Å². The second-order valence-electron chi connectivity index (χ2n) is 3.99. The molecule has 0 aliphatic carbocycles. The Morgan fingerprint density at radius 1 is 1.11 bits per heavy atom. The molecular weight excluding hydrogens is 274 g/mol. The van der Waals surface area contributed by atoms with Crippen LogP contribution in [0.3, 0.4) is 0 Å². The minimum absolute atomic E-state index is 0.0102. The molecule has 19 heavy (non-hydrogen) atoms. The van der Waals surface area contributed by atoms with Gasteiger partial charge in [-0.25, -0.2) is 13.8 Å². The van der Waals surface area contributed by atoms with Gasteiger partial charge in [0.2, 0.25) is 5.89 Å². The van der Waals surface area contributed by atoms with Gasteiger partial charge < -0.3 is 10.2 Å². The minimum Gasteiger partial charge on any atom is -0.436 e. The van der Waals surface area contributed by atoms with Gasteiger partial charge in [0.15, 0.2) is 5.58 Å². The Balaban J connectivity index is 2.17. The molecule has 1 aromatic heterocycles. The SMILES string of the molecule is Nc1cc(-c2nc3cc(Cl)c(F)cc3o2)ccc1F. The van der Waals surface area contributed by atoms with E-state index in [4.69, 9.17) is 21.8 Å². The fourth-order valence-corrected chi connectivity index (χ4v) is 1.88. The quantitative estimate of drug-likeness (QED) is 0.685. The summed E-state index contributed by atoms with van der Waals surface area (Å²) in [6.07, 6.45) is 0. The summed E-state index contributed by atoms with van der Waals surface area (Å²) in [4.78, 5) is 4.16. The van der Waals surface area contributed by atoms with Gasteiger partial charge in [0.1, 0.15) is 17.2 Å². The largest absolute Gasteiger partial charge is 0.436 e. The van der Waals surface area contributed by atoms with Crippen molar-refractivity contribution >= 4 is 28.4 Å². The zero-order valence-electron chi connectivity index (χ0n) is 9.45. The number of anilines is 1. The van der Waals surface area contributed by atoms with E-state index in [9.17, 15) is 8.78 Å². The van der Waals surface area contributed by atoms with Gasteiger partial charge >= 0.3 is 0 Å². The molecule has 1 heterocycles. The van der Waals surface area contributed by atoms with E-state index in [2.05, 4.69) is 4.98 Å². The first-order chi connectivity index (χ1) is 9.04. The third-order valence-electron chi connectivity index (χ3n) is 2.67. The molecule has 0 aliphatic rings. The van der Waals surface area contributed by atoms with E-state index in [1.165, 1.54) is 24.3 Å². The number of benzene rings is 2. The number of nitrogen functional groups attached to an aromatic ring is 1. The zero-order valence-corrected chi connectivity index (χ0v) is 10.2. The van der Waals surface area contributed by atoms with E-state index in [-0.39, 0.29) is 22.2 Å². The van der Waals surface area contributed by atoms with Crippen molar-refractivity contribution in [3.8, 4) is 11.5 Å². The second-order valence-corrected chi connectivity index (χ2v) is 4.40. The van der Waals surface area contributed by atoms with Crippen LogP contribution in [0.4, 0.5) is 14.5 Å². The van der Waals surface area contributed by atoms with E-state index in [0.717, 1.165) is 6.07 Å². The summed E-state index contributed by atoms with van der Waals surface area (Å²) in [6.45, 7) is 0. The van der Waals surface area contributed by atoms with Crippen LogP contribution in [0.15, 0.2) is 34.7 Å². The van der Waals surface area contributed by atoms with Crippen LogP contribution in [0.1, 0.15) is 0 Å². The van der Waals surface area contributed by atoms with Crippen molar-refractivity contribution in [1.29, 1.82) is 0 Å². The fourth-order valence-electron chi connectivity index (χ4n) is 1.72. The number of rotatable bonds is 1. The fraction of sp³-hybridized carbons (Fsp3) is 0. The average molecular weight is 281 g/mol. The number of halogens is 3. The lowest BCUT2D eigenvalue weighted by Gasteiger charge is -1.98. The molecule has 0 atom stereocenters. The molecule has 0 spiro atoms. The van der Waals surface area contributed by atoms with Crippen molar-refractivity contribution in [3.05, 3.63) is 47.0 Å². The Morgan fingerprint density at radius 3 is 2.63 bits per heavy atom. The van der Waals surface area contributed by atoms with E-state index < -0.39 is 11.6 Å². The molecule has 96 valence electrons. The number of oxazole rings is 1. The summed E-state index contributed by atoms with van der Waals surface area (Å²) in [6, 6.07) is 6.62. The van der Waals surface area contributed by atoms with Crippen LogP contribution in [-0.4, -0.2) is 4.98 Å². The van der Waals surface area contributed by atoms with Crippen molar-refractivity contribution in [3.63, 3.8) is 0 Å². The van der Waals surface area contributed by atoms with E-state index in [1.807, 2.05) is 0 Å². The summed E-state index contributed by atoms with van der Waals surface area (Å²) >= 11 is 5.66. The summed E-state index contributed by atoms with van der Waals surface area (Å²) in [5, 5.41) is -0.0361. The van der Waals surface area contributed by atoms with Gasteiger partial charge in [-0.05, 0) is 24.3 Å². The molecule has 0 bridgehead atoms. The van der Waals surface area contributed by atoms with Crippen molar-refractivity contribution in [2.45, 2.75) is 0 Å². The van der Waals surface area contributed by atoms with Crippen molar-refractivity contribution < 1.29 is 13.2 Å². The molecule has 0 radical (unpaired) electrons. The van der Waals surface area contributed by atoms with Crippen LogP contribution in [0.2, 0.25) is 5.02 Å². The van der Waals surface area contributed by atoms with Gasteiger partial charge in [0, 0.05) is 11.6 Å². The number of hydrogen-bond acceptors (Lipinski definition) is 3. The van der Waals surface area contributed by atoms with Crippen LogP contribution in [-0.2, 0) is 0 Å². The first-order valence-corrected chi connectivity index (χ1v) is 5.73. The highest BCUT2D eigenvalue weighted by Crippen LogP contribution is 2.29. The summed E-state index contributed by atoms with van der Waals surface area (Å²) < 4.78 is 31.8. The maximum Gasteiger partial charge on any atom is 0.227 e. The van der Waals surface area contributed by atoms with Crippen LogP contribution in [0, 0.1) is 11.6 Å². The Morgan fingerprint density at radius 2 is 1.89 bits per heavy atom. The molecular formula is C13H7ClF2N2O. The Labute approximate surface area is 111 Å². The normalized spacial score (nSPS) is 11.1. The second kappa shape index (κ2) is 4.20. The highest BCUT2D eigenvalue weighted by Gasteiger charge is 2.12. The summed E-state index contributed by atoms with van der Waals surface area (Å²) in [7, 11) is 0. The van der Waals surface area contributed by atoms with E-state index in [1.54, 1.807) is 0 Å². The number of fused-ring (bicyclic) bond motifs is 1. The highest BCUT2D eigenvalue weighted by atomic mass is 35.5. The Kier molecular flexibility index (Phi) is 2.64. The van der Waals surface area contributed by atoms with Gasteiger partial charge in [0.05, 0.1) is 10.7 Å². The molecule has 0 amide bonds. The molecule has 0 fully saturated rings. The highest BCUT2D eigenvalue weighted by molar-refractivity contribution is 6.31. The monoisotopic (exact) mass is 280 g/mol. The lowest BCUT2D eigenvalue weighted by molar-refractivity contribution is 0.602. The molecule has 0 saturated heterocycles. The number of nitrogens with two attached hydrogens (primary N) is 1. The number of nitrogens with zero attached hydrogens (tertiary/aromatic N) is 1. The third-order valence-corrected chi connectivity index (χ3v) is 2.96. The molecule has 2 N–H and O–H groups in total. The average Bonchev–Trinajstić information content (AvgIpc) is 2.76. The lowest BCUT2D eigenvalue weighted by Crippen LogP contribution is -1.90. The topological polar surface area (TPSA) is 52.0 Å². The van der Waals surface area contributed by atoms with Crippen LogP contribution < -0.4 is 5.73 Å². The van der Waals surface area contributed by atoms with Crippen LogP contribution >= 0.6 is 11.6 Å². The molecule has 0 unspecified atom stereocenters. The Bertz CT molecular complexity index is 747. The molecule has 0 aliphatic heterocycles. The predicted octanol–water partition coefficient (Wildman–Crippen LogP) is 4.01. The molecule has 3 nitrogen and oxygen atoms in total. The molecule has 3 rings (SSSR count). The van der Waals surface area contributed by atoms with Crippen LogP contribution in [0.5, 0.6) is 0 Å². The number of hydrogen-bond donors (Lipinski definition) is 1. The van der Waals surface area contributed by atoms with Gasteiger partial charge in [0.25, 0.3) is 0 Å². The molecule has 2 aromatic carbocycles. The predicted molar refractivity (Wildman–Crippen MR) is 68.8 cm³/mol. The molecule has 0 saturated carbocycles. The summed E-state index contributed by atoms with van der Waals surface area (Å²) in [5.41, 5.74) is 6.66. The van der Waals surface area contributed by atoms with Crippen molar-refractivity contribution in [2.24, 2.45) is 0 Å². The smallest absolute Gasteiger partial charge is 0.227 e. The molecule has 3 aromatic rings. The van der Waals surface area contributed by atoms with Crippen molar-refractivity contribution in [2.75, 3.05) is 5.73 Å². The van der Waals surface area contributed by atoms with E-state index in [0.29, 0.717) is 11.1 Å². The first-order valence-electron chi connectivity index (χ1n) is 5.35. The zero-order chi connectivity index (χ0) is 13.6. The third kappa shape index (κ3) is 2.02.